The molecule has 0 amide bonds. The van der Waals surface area contributed by atoms with E-state index in [-0.39, 0.29) is 23.1 Å². The van der Waals surface area contributed by atoms with E-state index in [4.69, 9.17) is 22.1 Å². The number of hydrogen-bond acceptors (Lipinski definition) is 6. The maximum atomic E-state index is 12.3. The van der Waals surface area contributed by atoms with Crippen molar-refractivity contribution in [3.05, 3.63) is 75.0 Å². The first-order valence-electron chi connectivity index (χ1n) is 9.60. The van der Waals surface area contributed by atoms with Crippen LogP contribution in [0.5, 0.6) is 0 Å². The van der Waals surface area contributed by atoms with Gasteiger partial charge in [-0.1, -0.05) is 43.6 Å². The molecule has 0 aliphatic carbocycles. The van der Waals surface area contributed by atoms with E-state index >= 15 is 0 Å². The molecule has 1 heterocycles. The van der Waals surface area contributed by atoms with Crippen LogP contribution in [0.15, 0.2) is 53.3 Å². The van der Waals surface area contributed by atoms with Crippen molar-refractivity contribution in [2.24, 2.45) is 11.7 Å². The fourth-order valence-corrected chi connectivity index (χ4v) is 3.28. The number of carbonyl (C=O) groups excluding carboxylic acids is 2. The summed E-state index contributed by atoms with van der Waals surface area (Å²) in [5.74, 6) is -0.532. The Morgan fingerprint density at radius 3 is 2.39 bits per heavy atom. The molecule has 0 saturated carbocycles. The number of hydrogen-bond donors (Lipinski definition) is 2. The highest BCUT2D eigenvalue weighted by Gasteiger charge is 2.20. The number of H-pyrrole nitrogens is 1. The summed E-state index contributed by atoms with van der Waals surface area (Å²) >= 11 is 6.36. The van der Waals surface area contributed by atoms with Gasteiger partial charge in [0, 0.05) is 23.1 Å². The van der Waals surface area contributed by atoms with E-state index < -0.39 is 12.0 Å². The number of nitrogens with zero attached hydrogens (tertiary/aromatic N) is 1. The van der Waals surface area contributed by atoms with Gasteiger partial charge in [-0.3, -0.25) is 9.59 Å². The summed E-state index contributed by atoms with van der Waals surface area (Å²) in [4.78, 5) is 43.5. The Morgan fingerprint density at radius 1 is 1.10 bits per heavy atom. The SMILES string of the molecule is COC(=O)c1ccc(-c2cc(=O)[nH]c(-c3cc(C(N)C(=O)C(C)C)ccc3Cl)n2)cc1. The summed E-state index contributed by atoms with van der Waals surface area (Å²) in [6, 6.07) is 12.0. The van der Waals surface area contributed by atoms with Gasteiger partial charge >= 0.3 is 5.97 Å². The molecule has 0 aliphatic heterocycles. The van der Waals surface area contributed by atoms with Crippen LogP contribution in [0.1, 0.15) is 35.8 Å². The fraction of sp³-hybridized carbons (Fsp3) is 0.217. The number of Topliss-reactive ketones (excluding diaryl/α,β-unsaturated/α-hetero) is 1. The van der Waals surface area contributed by atoms with Crippen LogP contribution >= 0.6 is 11.6 Å². The molecule has 0 spiro atoms. The molecular weight excluding hydrogens is 418 g/mol. The normalized spacial score (nSPS) is 11.9. The van der Waals surface area contributed by atoms with E-state index in [1.165, 1.54) is 13.2 Å². The van der Waals surface area contributed by atoms with Gasteiger partial charge in [-0.2, -0.15) is 0 Å². The summed E-state index contributed by atoms with van der Waals surface area (Å²) in [7, 11) is 1.30. The highest BCUT2D eigenvalue weighted by atomic mass is 35.5. The summed E-state index contributed by atoms with van der Waals surface area (Å²) in [6.45, 7) is 3.57. The Hall–Kier alpha value is -3.29. The van der Waals surface area contributed by atoms with Crippen LogP contribution in [-0.2, 0) is 9.53 Å². The van der Waals surface area contributed by atoms with Crippen molar-refractivity contribution < 1.29 is 14.3 Å². The number of rotatable bonds is 6. The minimum atomic E-state index is -0.809. The lowest BCUT2D eigenvalue weighted by Gasteiger charge is -2.15. The zero-order valence-electron chi connectivity index (χ0n) is 17.3. The monoisotopic (exact) mass is 439 g/mol. The standard InChI is InChI=1S/C23H22ClN3O4/c1-12(2)21(29)20(25)15-8-9-17(24)16(10-15)22-26-18(11-19(28)27-22)13-4-6-14(7-5-13)23(30)31-3/h4-12,20H,25H2,1-3H3,(H,26,27,28). The molecule has 3 aromatic rings. The molecule has 1 atom stereocenters. The molecule has 0 saturated heterocycles. The van der Waals surface area contributed by atoms with Gasteiger partial charge in [-0.15, -0.1) is 0 Å². The number of halogens is 1. The second kappa shape index (κ2) is 9.24. The van der Waals surface area contributed by atoms with Crippen molar-refractivity contribution in [1.82, 2.24) is 9.97 Å². The van der Waals surface area contributed by atoms with Crippen LogP contribution in [0.4, 0.5) is 0 Å². The van der Waals surface area contributed by atoms with Gasteiger partial charge < -0.3 is 15.5 Å². The number of nitrogens with one attached hydrogen (secondary N) is 1. The highest BCUT2D eigenvalue weighted by Crippen LogP contribution is 2.29. The van der Waals surface area contributed by atoms with E-state index in [2.05, 4.69) is 9.97 Å². The number of carbonyl (C=O) groups is 2. The third kappa shape index (κ3) is 4.90. The van der Waals surface area contributed by atoms with Crippen LogP contribution in [0.3, 0.4) is 0 Å². The Kier molecular flexibility index (Phi) is 6.68. The Labute approximate surface area is 184 Å². The van der Waals surface area contributed by atoms with Crippen molar-refractivity contribution in [3.8, 4) is 22.6 Å². The second-order valence-corrected chi connectivity index (χ2v) is 7.73. The first kappa shape index (κ1) is 22.4. The number of benzene rings is 2. The fourth-order valence-electron chi connectivity index (χ4n) is 3.07. The van der Waals surface area contributed by atoms with Crippen LogP contribution in [0, 0.1) is 5.92 Å². The first-order valence-corrected chi connectivity index (χ1v) is 9.98. The molecular formula is C23H22ClN3O4. The zero-order chi connectivity index (χ0) is 22.7. The van der Waals surface area contributed by atoms with Crippen molar-refractivity contribution >= 4 is 23.4 Å². The topological polar surface area (TPSA) is 115 Å². The average Bonchev–Trinajstić information content (AvgIpc) is 2.77. The molecule has 0 radical (unpaired) electrons. The minimum absolute atomic E-state index is 0.103. The molecule has 1 unspecified atom stereocenters. The largest absolute Gasteiger partial charge is 0.465 e. The zero-order valence-corrected chi connectivity index (χ0v) is 18.1. The Bertz CT molecular complexity index is 1190. The quantitative estimate of drug-likeness (QED) is 0.565. The molecule has 3 rings (SSSR count). The number of esters is 1. The molecule has 7 nitrogen and oxygen atoms in total. The Morgan fingerprint density at radius 2 is 1.77 bits per heavy atom. The highest BCUT2D eigenvalue weighted by molar-refractivity contribution is 6.33. The lowest BCUT2D eigenvalue weighted by molar-refractivity contribution is -0.123. The summed E-state index contributed by atoms with van der Waals surface area (Å²) in [6.07, 6.45) is 0. The number of methoxy groups -OCH3 is 1. The Balaban J connectivity index is 2.04. The van der Waals surface area contributed by atoms with Gasteiger partial charge in [0.25, 0.3) is 5.56 Å². The number of ether oxygens (including phenoxy) is 1. The summed E-state index contributed by atoms with van der Waals surface area (Å²) in [5, 5.41) is 0.356. The predicted molar refractivity (Wildman–Crippen MR) is 119 cm³/mol. The molecule has 31 heavy (non-hydrogen) atoms. The maximum Gasteiger partial charge on any atom is 0.337 e. The first-order chi connectivity index (χ1) is 14.7. The molecule has 1 aromatic heterocycles. The van der Waals surface area contributed by atoms with Gasteiger partial charge in [0.1, 0.15) is 5.82 Å². The van der Waals surface area contributed by atoms with Crippen LogP contribution in [-0.4, -0.2) is 28.8 Å². The minimum Gasteiger partial charge on any atom is -0.465 e. The lowest BCUT2D eigenvalue weighted by atomic mass is 9.95. The molecule has 160 valence electrons. The second-order valence-electron chi connectivity index (χ2n) is 7.32. The maximum absolute atomic E-state index is 12.3. The summed E-state index contributed by atoms with van der Waals surface area (Å²) < 4.78 is 4.69. The lowest BCUT2D eigenvalue weighted by Crippen LogP contribution is -2.25. The van der Waals surface area contributed by atoms with Gasteiger partial charge in [-0.25, -0.2) is 9.78 Å². The van der Waals surface area contributed by atoms with Crippen LogP contribution in [0.2, 0.25) is 5.02 Å². The van der Waals surface area contributed by atoms with Crippen molar-refractivity contribution in [1.29, 1.82) is 0 Å². The third-order valence-electron chi connectivity index (χ3n) is 4.82. The van der Waals surface area contributed by atoms with Crippen LogP contribution in [0.25, 0.3) is 22.6 Å². The number of aromatic amines is 1. The van der Waals surface area contributed by atoms with E-state index in [1.807, 2.05) is 0 Å². The molecule has 0 bridgehead atoms. The molecule has 0 aliphatic rings. The molecule has 3 N–H and O–H groups in total. The number of aromatic nitrogens is 2. The third-order valence-corrected chi connectivity index (χ3v) is 5.15. The van der Waals surface area contributed by atoms with E-state index in [9.17, 15) is 14.4 Å². The van der Waals surface area contributed by atoms with Gasteiger partial charge in [0.05, 0.1) is 29.4 Å². The average molecular weight is 440 g/mol. The van der Waals surface area contributed by atoms with Gasteiger partial charge in [-0.05, 0) is 29.8 Å². The van der Waals surface area contributed by atoms with E-state index in [1.54, 1.807) is 56.3 Å². The van der Waals surface area contributed by atoms with Crippen molar-refractivity contribution in [2.45, 2.75) is 19.9 Å². The number of ketones is 1. The number of nitrogens with two attached hydrogens (primary N) is 1. The smallest absolute Gasteiger partial charge is 0.337 e. The summed E-state index contributed by atoms with van der Waals surface area (Å²) in [5.41, 5.74) is 8.20. The van der Waals surface area contributed by atoms with Crippen molar-refractivity contribution in [3.63, 3.8) is 0 Å². The van der Waals surface area contributed by atoms with Crippen LogP contribution < -0.4 is 11.3 Å². The molecule has 2 aromatic carbocycles. The van der Waals surface area contributed by atoms with Gasteiger partial charge in [0.2, 0.25) is 0 Å². The molecule has 0 fully saturated rings. The predicted octanol–water partition coefficient (Wildman–Crippen LogP) is 3.77. The molecule has 8 heteroatoms. The van der Waals surface area contributed by atoms with Crippen molar-refractivity contribution in [2.75, 3.05) is 7.11 Å². The van der Waals surface area contributed by atoms with E-state index in [0.717, 1.165) is 0 Å². The van der Waals surface area contributed by atoms with Gasteiger partial charge in [0.15, 0.2) is 5.78 Å². The van der Waals surface area contributed by atoms with E-state index in [0.29, 0.717) is 33.0 Å².